The molecule has 0 bridgehead atoms. The number of benzene rings is 1. The molecule has 0 atom stereocenters. The number of nitro groups is 1. The lowest BCUT2D eigenvalue weighted by molar-refractivity contribution is -0.385. The van der Waals surface area contributed by atoms with Gasteiger partial charge in [0.05, 0.1) is 4.92 Å². The van der Waals surface area contributed by atoms with Gasteiger partial charge in [0.25, 0.3) is 5.69 Å². The fraction of sp³-hybridized carbons (Fsp3) is 0.286. The predicted octanol–water partition coefficient (Wildman–Crippen LogP) is 2.95. The Bertz CT molecular complexity index is 601. The van der Waals surface area contributed by atoms with Crippen LogP contribution < -0.4 is 5.32 Å². The molecular formula is C14H16N4O2. The maximum Gasteiger partial charge on any atom is 0.274 e. The summed E-state index contributed by atoms with van der Waals surface area (Å²) in [5.74, 6) is 0.682. The van der Waals surface area contributed by atoms with Crippen LogP contribution in [0.15, 0.2) is 36.7 Å². The summed E-state index contributed by atoms with van der Waals surface area (Å²) >= 11 is 0. The van der Waals surface area contributed by atoms with Crippen LogP contribution in [0.1, 0.15) is 24.6 Å². The first-order chi connectivity index (χ1) is 9.70. The van der Waals surface area contributed by atoms with Crippen LogP contribution in [-0.4, -0.2) is 14.9 Å². The van der Waals surface area contributed by atoms with E-state index in [0.29, 0.717) is 17.9 Å². The van der Waals surface area contributed by atoms with Crippen LogP contribution in [0.25, 0.3) is 0 Å². The second kappa shape index (κ2) is 6.60. The highest BCUT2D eigenvalue weighted by Gasteiger charge is 2.11. The third-order valence-electron chi connectivity index (χ3n) is 2.88. The Hall–Kier alpha value is -2.50. The smallest absolute Gasteiger partial charge is 0.274 e. The molecule has 6 nitrogen and oxygen atoms in total. The van der Waals surface area contributed by atoms with E-state index in [4.69, 9.17) is 0 Å². The lowest BCUT2D eigenvalue weighted by atomic mass is 10.2. The van der Waals surface area contributed by atoms with Gasteiger partial charge >= 0.3 is 0 Å². The molecule has 0 unspecified atom stereocenters. The van der Waals surface area contributed by atoms with Gasteiger partial charge in [0, 0.05) is 29.9 Å². The van der Waals surface area contributed by atoms with E-state index in [1.54, 1.807) is 18.2 Å². The van der Waals surface area contributed by atoms with Gasteiger partial charge in [-0.3, -0.25) is 10.1 Å². The van der Waals surface area contributed by atoms with Crippen LogP contribution in [0.4, 0.5) is 11.5 Å². The summed E-state index contributed by atoms with van der Waals surface area (Å²) in [6, 6.07) is 8.55. The van der Waals surface area contributed by atoms with Crippen molar-refractivity contribution < 1.29 is 4.92 Å². The van der Waals surface area contributed by atoms with Crippen molar-refractivity contribution in [3.63, 3.8) is 0 Å². The van der Waals surface area contributed by atoms with Crippen molar-refractivity contribution in [1.82, 2.24) is 9.97 Å². The third-order valence-corrected chi connectivity index (χ3v) is 2.88. The lowest BCUT2D eigenvalue weighted by Crippen LogP contribution is -2.05. The number of hydrogen-bond donors (Lipinski definition) is 1. The van der Waals surface area contributed by atoms with E-state index in [1.165, 1.54) is 12.4 Å². The predicted molar refractivity (Wildman–Crippen MR) is 76.5 cm³/mol. The van der Waals surface area contributed by atoms with Crippen LogP contribution in [0, 0.1) is 10.1 Å². The molecule has 1 N–H and O–H groups in total. The fourth-order valence-electron chi connectivity index (χ4n) is 1.91. The van der Waals surface area contributed by atoms with Crippen molar-refractivity contribution in [3.8, 4) is 0 Å². The molecule has 0 aliphatic heterocycles. The van der Waals surface area contributed by atoms with Crippen molar-refractivity contribution in [2.45, 2.75) is 26.3 Å². The summed E-state index contributed by atoms with van der Waals surface area (Å²) in [7, 11) is 0. The van der Waals surface area contributed by atoms with Gasteiger partial charge in [-0.05, 0) is 6.42 Å². The number of nitro benzene ring substituents is 1. The number of aryl methyl sites for hydroxylation is 1. The normalized spacial score (nSPS) is 10.2. The molecule has 0 radical (unpaired) electrons. The molecule has 1 aromatic heterocycles. The minimum atomic E-state index is -0.375. The molecule has 0 fully saturated rings. The molecule has 6 heteroatoms. The van der Waals surface area contributed by atoms with Gasteiger partial charge in [-0.15, -0.1) is 0 Å². The average Bonchev–Trinajstić information content (AvgIpc) is 2.46. The SMILES string of the molecule is CCCc1cc(NCc2ccccc2[N+](=O)[O-])ncn1. The Balaban J connectivity index is 2.09. The first-order valence-electron chi connectivity index (χ1n) is 6.47. The standard InChI is InChI=1S/C14H16N4O2/c1-2-5-12-8-14(17-10-16-12)15-9-11-6-3-4-7-13(11)18(19)20/h3-4,6-8,10H,2,5,9H2,1H3,(H,15,16,17). The fourth-order valence-corrected chi connectivity index (χ4v) is 1.91. The van der Waals surface area contributed by atoms with Gasteiger partial charge in [-0.2, -0.15) is 0 Å². The van der Waals surface area contributed by atoms with Crippen LogP contribution in [0.3, 0.4) is 0 Å². The maximum absolute atomic E-state index is 10.9. The van der Waals surface area contributed by atoms with Crippen LogP contribution >= 0.6 is 0 Å². The van der Waals surface area contributed by atoms with E-state index in [9.17, 15) is 10.1 Å². The van der Waals surface area contributed by atoms with Gasteiger partial charge < -0.3 is 5.32 Å². The molecule has 0 saturated heterocycles. The number of hydrogen-bond acceptors (Lipinski definition) is 5. The number of anilines is 1. The third kappa shape index (κ3) is 3.50. The Labute approximate surface area is 117 Å². The number of aromatic nitrogens is 2. The quantitative estimate of drug-likeness (QED) is 0.646. The second-order valence-electron chi connectivity index (χ2n) is 4.38. The zero-order chi connectivity index (χ0) is 14.4. The van der Waals surface area contributed by atoms with Crippen LogP contribution in [0.5, 0.6) is 0 Å². The lowest BCUT2D eigenvalue weighted by Gasteiger charge is -2.07. The van der Waals surface area contributed by atoms with Crippen molar-refractivity contribution in [3.05, 3.63) is 58.0 Å². The second-order valence-corrected chi connectivity index (χ2v) is 4.38. The maximum atomic E-state index is 10.9. The van der Waals surface area contributed by atoms with E-state index in [0.717, 1.165) is 18.5 Å². The molecule has 0 spiro atoms. The summed E-state index contributed by atoms with van der Waals surface area (Å²) in [5, 5.41) is 14.0. The summed E-state index contributed by atoms with van der Waals surface area (Å²) < 4.78 is 0. The average molecular weight is 272 g/mol. The summed E-state index contributed by atoms with van der Waals surface area (Å²) in [6.07, 6.45) is 3.41. The van der Waals surface area contributed by atoms with Crippen LogP contribution in [0.2, 0.25) is 0 Å². The topological polar surface area (TPSA) is 81.0 Å². The number of rotatable bonds is 6. The van der Waals surface area contributed by atoms with Crippen LogP contribution in [-0.2, 0) is 13.0 Å². The van der Waals surface area contributed by atoms with Crippen molar-refractivity contribution in [1.29, 1.82) is 0 Å². The molecule has 2 aromatic rings. The Morgan fingerprint density at radius 3 is 2.85 bits per heavy atom. The molecular weight excluding hydrogens is 256 g/mol. The van der Waals surface area contributed by atoms with E-state index >= 15 is 0 Å². The zero-order valence-corrected chi connectivity index (χ0v) is 11.2. The molecule has 0 saturated carbocycles. The number of nitrogens with one attached hydrogen (secondary N) is 1. The van der Waals surface area contributed by atoms with Gasteiger partial charge in [0.2, 0.25) is 0 Å². The van der Waals surface area contributed by atoms with Crippen molar-refractivity contribution in [2.24, 2.45) is 0 Å². The van der Waals surface area contributed by atoms with E-state index in [2.05, 4.69) is 22.2 Å². The number of para-hydroxylation sites is 1. The zero-order valence-electron chi connectivity index (χ0n) is 11.2. The Morgan fingerprint density at radius 1 is 1.30 bits per heavy atom. The minimum absolute atomic E-state index is 0.114. The summed E-state index contributed by atoms with van der Waals surface area (Å²) in [5.41, 5.74) is 1.71. The molecule has 1 aromatic carbocycles. The summed E-state index contributed by atoms with van der Waals surface area (Å²) in [4.78, 5) is 18.8. The Kier molecular flexibility index (Phi) is 4.60. The highest BCUT2D eigenvalue weighted by Crippen LogP contribution is 2.18. The highest BCUT2D eigenvalue weighted by molar-refractivity contribution is 5.43. The molecule has 0 aliphatic rings. The Morgan fingerprint density at radius 2 is 2.10 bits per heavy atom. The number of nitrogens with zero attached hydrogens (tertiary/aromatic N) is 3. The van der Waals surface area contributed by atoms with Crippen molar-refractivity contribution >= 4 is 11.5 Å². The first kappa shape index (κ1) is 13.9. The summed E-state index contributed by atoms with van der Waals surface area (Å²) in [6.45, 7) is 2.45. The van der Waals surface area contributed by atoms with Gasteiger partial charge in [-0.1, -0.05) is 31.5 Å². The van der Waals surface area contributed by atoms with E-state index in [1.807, 2.05) is 6.07 Å². The minimum Gasteiger partial charge on any atom is -0.366 e. The first-order valence-corrected chi connectivity index (χ1v) is 6.47. The molecule has 2 rings (SSSR count). The van der Waals surface area contributed by atoms with E-state index in [-0.39, 0.29) is 10.6 Å². The van der Waals surface area contributed by atoms with Crippen molar-refractivity contribution in [2.75, 3.05) is 5.32 Å². The van der Waals surface area contributed by atoms with Gasteiger partial charge in [0.1, 0.15) is 12.1 Å². The monoisotopic (exact) mass is 272 g/mol. The molecule has 0 aliphatic carbocycles. The molecule has 104 valence electrons. The highest BCUT2D eigenvalue weighted by atomic mass is 16.6. The largest absolute Gasteiger partial charge is 0.366 e. The van der Waals surface area contributed by atoms with Gasteiger partial charge in [0.15, 0.2) is 0 Å². The molecule has 1 heterocycles. The molecule has 20 heavy (non-hydrogen) atoms. The molecule has 0 amide bonds. The van der Waals surface area contributed by atoms with Gasteiger partial charge in [-0.25, -0.2) is 9.97 Å². The van der Waals surface area contributed by atoms with E-state index < -0.39 is 0 Å².